The van der Waals surface area contributed by atoms with Gasteiger partial charge in [-0.2, -0.15) is 0 Å². The van der Waals surface area contributed by atoms with Crippen molar-refractivity contribution in [2.24, 2.45) is 0 Å². The number of aliphatic hydroxyl groups excluding tert-OH is 1. The van der Waals surface area contributed by atoms with Gasteiger partial charge in [0, 0.05) is 12.6 Å². The zero-order valence-electron chi connectivity index (χ0n) is 7.85. The Morgan fingerprint density at radius 2 is 2.21 bits per heavy atom. The summed E-state index contributed by atoms with van der Waals surface area (Å²) in [5.74, 6) is 0.188. The van der Waals surface area contributed by atoms with Crippen molar-refractivity contribution in [3.05, 3.63) is 24.0 Å². The van der Waals surface area contributed by atoms with Crippen LogP contribution in [0.3, 0.4) is 0 Å². The molecule has 1 fully saturated rings. The molecule has 0 bridgehead atoms. The molecule has 0 unspecified atom stereocenters. The van der Waals surface area contributed by atoms with Gasteiger partial charge in [-0.25, -0.2) is 0 Å². The molecule has 0 aromatic carbocycles. The molecule has 4 nitrogen and oxygen atoms in total. The van der Waals surface area contributed by atoms with Crippen molar-refractivity contribution >= 4 is 0 Å². The quantitative estimate of drug-likeness (QED) is 0.651. The third-order valence-corrected chi connectivity index (χ3v) is 2.49. The van der Waals surface area contributed by atoms with E-state index in [1.807, 2.05) is 0 Å². The molecule has 0 amide bonds. The van der Waals surface area contributed by atoms with Crippen molar-refractivity contribution in [2.75, 3.05) is 0 Å². The van der Waals surface area contributed by atoms with Crippen molar-refractivity contribution < 1.29 is 10.2 Å². The van der Waals surface area contributed by atoms with Crippen LogP contribution in [0.5, 0.6) is 5.75 Å². The lowest BCUT2D eigenvalue weighted by Gasteiger charge is -2.32. The Labute approximate surface area is 82.6 Å². The largest absolute Gasteiger partial charge is 0.506 e. The van der Waals surface area contributed by atoms with Crippen LogP contribution in [0.15, 0.2) is 18.3 Å². The first-order valence-electron chi connectivity index (χ1n) is 4.79. The van der Waals surface area contributed by atoms with Crippen LogP contribution in [0.2, 0.25) is 0 Å². The minimum absolute atomic E-state index is 0.125. The molecule has 0 saturated heterocycles. The zero-order valence-corrected chi connectivity index (χ0v) is 7.85. The average molecular weight is 194 g/mol. The van der Waals surface area contributed by atoms with E-state index < -0.39 is 0 Å². The maximum atomic E-state index is 9.06. The number of aromatic nitrogens is 1. The predicted octanol–water partition coefficient (Wildman–Crippen LogP) is 0.400. The molecular weight excluding hydrogens is 180 g/mol. The minimum atomic E-state index is -0.125. The summed E-state index contributed by atoms with van der Waals surface area (Å²) >= 11 is 0. The fourth-order valence-electron chi connectivity index (χ4n) is 1.52. The molecule has 14 heavy (non-hydrogen) atoms. The van der Waals surface area contributed by atoms with Crippen LogP contribution in [0.1, 0.15) is 18.5 Å². The van der Waals surface area contributed by atoms with E-state index in [1.54, 1.807) is 12.1 Å². The number of nitrogens with zero attached hydrogens (tertiary/aromatic N) is 1. The highest BCUT2D eigenvalue weighted by molar-refractivity contribution is 5.17. The fourth-order valence-corrected chi connectivity index (χ4v) is 1.52. The van der Waals surface area contributed by atoms with Crippen molar-refractivity contribution in [3.63, 3.8) is 0 Å². The number of nitrogens with one attached hydrogen (secondary N) is 1. The van der Waals surface area contributed by atoms with Gasteiger partial charge in [-0.3, -0.25) is 4.98 Å². The summed E-state index contributed by atoms with van der Waals surface area (Å²) in [4.78, 5) is 4.05. The maximum Gasteiger partial charge on any atom is 0.133 e. The van der Waals surface area contributed by atoms with E-state index in [-0.39, 0.29) is 11.9 Å². The number of aromatic hydroxyl groups is 1. The van der Waals surface area contributed by atoms with E-state index in [9.17, 15) is 0 Å². The van der Waals surface area contributed by atoms with Gasteiger partial charge in [0.25, 0.3) is 0 Å². The van der Waals surface area contributed by atoms with Crippen LogP contribution < -0.4 is 5.32 Å². The molecule has 76 valence electrons. The monoisotopic (exact) mass is 194 g/mol. The van der Waals surface area contributed by atoms with Gasteiger partial charge in [-0.05, 0) is 25.0 Å². The predicted molar refractivity (Wildman–Crippen MR) is 51.8 cm³/mol. The molecule has 1 aliphatic carbocycles. The third kappa shape index (κ3) is 2.21. The highest BCUT2D eigenvalue weighted by Gasteiger charge is 2.26. The Bertz CT molecular complexity index is 293. The third-order valence-electron chi connectivity index (χ3n) is 2.49. The number of hydrogen-bond acceptors (Lipinski definition) is 4. The van der Waals surface area contributed by atoms with E-state index in [0.717, 1.165) is 18.5 Å². The second kappa shape index (κ2) is 3.94. The molecule has 1 aromatic heterocycles. The van der Waals surface area contributed by atoms with Gasteiger partial charge in [-0.15, -0.1) is 0 Å². The first-order valence-corrected chi connectivity index (χ1v) is 4.79. The van der Waals surface area contributed by atoms with E-state index in [4.69, 9.17) is 10.2 Å². The summed E-state index contributed by atoms with van der Waals surface area (Å²) in [6.07, 6.45) is 2.98. The van der Waals surface area contributed by atoms with Crippen LogP contribution >= 0.6 is 0 Å². The Kier molecular flexibility index (Phi) is 2.65. The number of pyridine rings is 1. The van der Waals surface area contributed by atoms with Gasteiger partial charge in [-0.1, -0.05) is 0 Å². The lowest BCUT2D eigenvalue weighted by atomic mass is 9.89. The average Bonchev–Trinajstić information content (AvgIpc) is 2.13. The smallest absolute Gasteiger partial charge is 0.133 e. The van der Waals surface area contributed by atoms with Crippen molar-refractivity contribution in [3.8, 4) is 5.75 Å². The Hall–Kier alpha value is -1.13. The van der Waals surface area contributed by atoms with Gasteiger partial charge >= 0.3 is 0 Å². The van der Waals surface area contributed by atoms with Crippen LogP contribution in [0.25, 0.3) is 0 Å². The maximum absolute atomic E-state index is 9.06. The van der Waals surface area contributed by atoms with Crippen molar-refractivity contribution in [1.29, 1.82) is 0 Å². The Morgan fingerprint density at radius 1 is 1.43 bits per heavy atom. The SMILES string of the molecule is Oc1ccc(CNC2CC(O)C2)nc1. The molecular formula is C10H14N2O2. The first-order chi connectivity index (χ1) is 6.74. The summed E-state index contributed by atoms with van der Waals surface area (Å²) in [6.45, 7) is 0.692. The fraction of sp³-hybridized carbons (Fsp3) is 0.500. The number of hydrogen-bond donors (Lipinski definition) is 3. The summed E-state index contributed by atoms with van der Waals surface area (Å²) in [6, 6.07) is 3.83. The van der Waals surface area contributed by atoms with E-state index >= 15 is 0 Å². The number of aliphatic hydroxyl groups is 1. The van der Waals surface area contributed by atoms with Crippen molar-refractivity contribution in [1.82, 2.24) is 10.3 Å². The van der Waals surface area contributed by atoms with Gasteiger partial charge in [0.15, 0.2) is 0 Å². The topological polar surface area (TPSA) is 65.4 Å². The molecule has 0 radical (unpaired) electrons. The lowest BCUT2D eigenvalue weighted by molar-refractivity contribution is 0.0618. The second-order valence-electron chi connectivity index (χ2n) is 3.71. The van der Waals surface area contributed by atoms with Crippen molar-refractivity contribution in [2.45, 2.75) is 31.5 Å². The molecule has 1 aromatic rings. The molecule has 1 aliphatic rings. The highest BCUT2D eigenvalue weighted by atomic mass is 16.3. The zero-order chi connectivity index (χ0) is 9.97. The summed E-state index contributed by atoms with van der Waals surface area (Å²) in [5, 5.41) is 21.4. The molecule has 0 aliphatic heterocycles. The first kappa shape index (κ1) is 9.43. The summed E-state index contributed by atoms with van der Waals surface area (Å²) < 4.78 is 0. The van der Waals surface area contributed by atoms with Crippen LogP contribution in [-0.2, 0) is 6.54 Å². The van der Waals surface area contributed by atoms with Crippen LogP contribution in [0, 0.1) is 0 Å². The molecule has 2 rings (SSSR count). The Morgan fingerprint density at radius 3 is 2.79 bits per heavy atom. The van der Waals surface area contributed by atoms with E-state index in [0.29, 0.717) is 12.6 Å². The minimum Gasteiger partial charge on any atom is -0.506 e. The van der Waals surface area contributed by atoms with E-state index in [2.05, 4.69) is 10.3 Å². The van der Waals surface area contributed by atoms with Crippen LogP contribution in [-0.4, -0.2) is 27.3 Å². The summed E-state index contributed by atoms with van der Waals surface area (Å²) in [7, 11) is 0. The van der Waals surface area contributed by atoms with E-state index in [1.165, 1.54) is 6.20 Å². The molecule has 4 heteroatoms. The standard InChI is InChI=1S/C10H14N2O2/c13-9-2-1-7(12-6-9)5-11-8-3-10(14)4-8/h1-2,6,8,10-11,13-14H,3-5H2. The van der Waals surface area contributed by atoms with Gasteiger partial charge < -0.3 is 15.5 Å². The second-order valence-corrected chi connectivity index (χ2v) is 3.71. The van der Waals surface area contributed by atoms with Gasteiger partial charge in [0.2, 0.25) is 0 Å². The van der Waals surface area contributed by atoms with Gasteiger partial charge in [0.05, 0.1) is 18.0 Å². The number of rotatable bonds is 3. The highest BCUT2D eigenvalue weighted by Crippen LogP contribution is 2.19. The molecule has 0 spiro atoms. The molecule has 0 atom stereocenters. The molecule has 1 heterocycles. The molecule has 1 saturated carbocycles. The van der Waals surface area contributed by atoms with Gasteiger partial charge in [0.1, 0.15) is 5.75 Å². The lowest BCUT2D eigenvalue weighted by Crippen LogP contribution is -2.43. The summed E-state index contributed by atoms with van der Waals surface area (Å²) in [5.41, 5.74) is 0.907. The van der Waals surface area contributed by atoms with Crippen LogP contribution in [0.4, 0.5) is 0 Å². The normalized spacial score (nSPS) is 25.8. The molecule has 3 N–H and O–H groups in total. The Balaban J connectivity index is 1.78.